The minimum absolute atomic E-state index is 0.566. The highest BCUT2D eigenvalue weighted by atomic mass is 35.5. The van der Waals surface area contributed by atoms with Crippen LogP contribution < -0.4 is 5.32 Å². The van der Waals surface area contributed by atoms with Crippen LogP contribution in [0.25, 0.3) is 0 Å². The molecule has 0 unspecified atom stereocenters. The van der Waals surface area contributed by atoms with Crippen LogP contribution in [0.4, 0.5) is 5.69 Å². The molecule has 0 fully saturated rings. The van der Waals surface area contributed by atoms with Crippen LogP contribution in [-0.4, -0.2) is 6.54 Å². The van der Waals surface area contributed by atoms with Gasteiger partial charge in [-0.2, -0.15) is 0 Å². The van der Waals surface area contributed by atoms with Gasteiger partial charge in [0.2, 0.25) is 0 Å². The number of benzene rings is 1. The predicted octanol–water partition coefficient (Wildman–Crippen LogP) is 6.81. The van der Waals surface area contributed by atoms with Gasteiger partial charge in [-0.15, -0.1) is 0 Å². The highest BCUT2D eigenvalue weighted by Gasteiger charge is 2.06. The van der Waals surface area contributed by atoms with Crippen LogP contribution in [0.1, 0.15) is 51.9 Å². The van der Waals surface area contributed by atoms with E-state index in [4.69, 9.17) is 34.8 Å². The summed E-state index contributed by atoms with van der Waals surface area (Å²) in [5.74, 6) is 0. The summed E-state index contributed by atoms with van der Waals surface area (Å²) in [6, 6.07) is 3.42. The molecular weight excluding hydrogens is 301 g/mol. The molecule has 0 bridgehead atoms. The smallest absolute Gasteiger partial charge is 0.0720 e. The Balaban J connectivity index is 2.19. The van der Waals surface area contributed by atoms with E-state index in [0.29, 0.717) is 15.1 Å². The fourth-order valence-corrected chi connectivity index (χ4v) is 2.96. The predicted molar refractivity (Wildman–Crippen MR) is 88.0 cm³/mol. The molecule has 0 heterocycles. The zero-order chi connectivity index (χ0) is 14.1. The number of rotatable bonds is 9. The third-order valence-electron chi connectivity index (χ3n) is 3.09. The maximum absolute atomic E-state index is 6.10. The average molecular weight is 323 g/mol. The van der Waals surface area contributed by atoms with Crippen molar-refractivity contribution in [1.82, 2.24) is 0 Å². The first-order valence-electron chi connectivity index (χ1n) is 7.03. The fourth-order valence-electron chi connectivity index (χ4n) is 2.01. The summed E-state index contributed by atoms with van der Waals surface area (Å²) in [6.45, 7) is 3.14. The summed E-state index contributed by atoms with van der Waals surface area (Å²) >= 11 is 18.1. The van der Waals surface area contributed by atoms with E-state index in [1.165, 1.54) is 38.5 Å². The molecule has 0 aromatic heterocycles. The van der Waals surface area contributed by atoms with Gasteiger partial charge in [-0.05, 0) is 18.6 Å². The first kappa shape index (κ1) is 16.9. The normalized spacial score (nSPS) is 10.7. The summed E-state index contributed by atoms with van der Waals surface area (Å²) in [7, 11) is 0. The quantitative estimate of drug-likeness (QED) is 0.492. The molecule has 1 aromatic carbocycles. The third kappa shape index (κ3) is 6.74. The highest BCUT2D eigenvalue weighted by molar-refractivity contribution is 6.41. The van der Waals surface area contributed by atoms with Crippen molar-refractivity contribution in [3.8, 4) is 0 Å². The van der Waals surface area contributed by atoms with Crippen LogP contribution in [-0.2, 0) is 0 Å². The van der Waals surface area contributed by atoms with Crippen LogP contribution in [0, 0.1) is 0 Å². The lowest BCUT2D eigenvalue weighted by Gasteiger charge is -2.10. The molecule has 4 heteroatoms. The lowest BCUT2D eigenvalue weighted by molar-refractivity contribution is 0.596. The van der Waals surface area contributed by atoms with Gasteiger partial charge in [-0.3, -0.25) is 0 Å². The first-order chi connectivity index (χ1) is 9.15. The monoisotopic (exact) mass is 321 g/mol. The summed E-state index contributed by atoms with van der Waals surface area (Å²) in [6.07, 6.45) is 9.06. The van der Waals surface area contributed by atoms with Gasteiger partial charge >= 0.3 is 0 Å². The molecule has 1 N–H and O–H groups in total. The molecule has 0 saturated heterocycles. The molecule has 19 heavy (non-hydrogen) atoms. The van der Waals surface area contributed by atoms with Gasteiger partial charge in [0.1, 0.15) is 0 Å². The second-order valence-electron chi connectivity index (χ2n) is 4.79. The van der Waals surface area contributed by atoms with Crippen molar-refractivity contribution < 1.29 is 0 Å². The van der Waals surface area contributed by atoms with Gasteiger partial charge in [0.25, 0.3) is 0 Å². The molecule has 108 valence electrons. The van der Waals surface area contributed by atoms with Crippen molar-refractivity contribution in [3.63, 3.8) is 0 Å². The van der Waals surface area contributed by atoms with Crippen molar-refractivity contribution in [2.24, 2.45) is 0 Å². The van der Waals surface area contributed by atoms with E-state index in [1.807, 2.05) is 0 Å². The van der Waals surface area contributed by atoms with E-state index >= 15 is 0 Å². The summed E-state index contributed by atoms with van der Waals surface area (Å²) in [4.78, 5) is 0. The van der Waals surface area contributed by atoms with Crippen LogP contribution in [0.2, 0.25) is 15.1 Å². The number of halogens is 3. The maximum Gasteiger partial charge on any atom is 0.0720 e. The molecule has 1 rings (SSSR count). The zero-order valence-electron chi connectivity index (χ0n) is 11.4. The molecule has 0 aliphatic heterocycles. The van der Waals surface area contributed by atoms with Crippen molar-refractivity contribution in [2.45, 2.75) is 51.9 Å². The molecule has 1 aromatic rings. The molecule has 0 aliphatic rings. The number of unbranched alkanes of at least 4 members (excludes halogenated alkanes) is 6. The van der Waals surface area contributed by atoms with Crippen molar-refractivity contribution >= 4 is 40.5 Å². The molecule has 0 amide bonds. The highest BCUT2D eigenvalue weighted by Crippen LogP contribution is 2.33. The van der Waals surface area contributed by atoms with Crippen LogP contribution in [0.3, 0.4) is 0 Å². The van der Waals surface area contributed by atoms with Gasteiger partial charge in [0.15, 0.2) is 0 Å². The Labute approximate surface area is 131 Å². The van der Waals surface area contributed by atoms with Gasteiger partial charge < -0.3 is 5.32 Å². The molecule has 0 saturated carbocycles. The van der Waals surface area contributed by atoms with E-state index in [2.05, 4.69) is 12.2 Å². The van der Waals surface area contributed by atoms with Crippen LogP contribution >= 0.6 is 34.8 Å². The van der Waals surface area contributed by atoms with Crippen LogP contribution in [0.15, 0.2) is 12.1 Å². The molecule has 0 spiro atoms. The molecular formula is C15H22Cl3N. The Morgan fingerprint density at radius 1 is 0.842 bits per heavy atom. The summed E-state index contributed by atoms with van der Waals surface area (Å²) in [5, 5.41) is 5.02. The third-order valence-corrected chi connectivity index (χ3v) is 3.90. The average Bonchev–Trinajstić information content (AvgIpc) is 2.35. The molecule has 0 atom stereocenters. The lowest BCUT2D eigenvalue weighted by atomic mass is 10.1. The van der Waals surface area contributed by atoms with Gasteiger partial charge in [-0.25, -0.2) is 0 Å². The number of anilines is 1. The van der Waals surface area contributed by atoms with E-state index in [1.54, 1.807) is 12.1 Å². The minimum atomic E-state index is 0.566. The molecule has 1 nitrogen and oxygen atoms in total. The SMILES string of the molecule is CCCCCCCCCNc1c(Cl)cc(Cl)cc1Cl. The minimum Gasteiger partial charge on any atom is -0.383 e. The van der Waals surface area contributed by atoms with Crippen molar-refractivity contribution in [2.75, 3.05) is 11.9 Å². The van der Waals surface area contributed by atoms with Crippen LogP contribution in [0.5, 0.6) is 0 Å². The van der Waals surface area contributed by atoms with E-state index in [9.17, 15) is 0 Å². The summed E-state index contributed by atoms with van der Waals surface area (Å²) in [5.41, 5.74) is 0.790. The standard InChI is InChI=1S/C15H22Cl3N/c1-2-3-4-5-6-7-8-9-19-15-13(17)10-12(16)11-14(15)18/h10-11,19H,2-9H2,1H3. The Morgan fingerprint density at radius 3 is 1.95 bits per heavy atom. The van der Waals surface area contributed by atoms with Gasteiger partial charge in [-0.1, -0.05) is 80.3 Å². The first-order valence-corrected chi connectivity index (χ1v) is 8.17. The number of hydrogen-bond donors (Lipinski definition) is 1. The largest absolute Gasteiger partial charge is 0.383 e. The van der Waals surface area contributed by atoms with Crippen molar-refractivity contribution in [1.29, 1.82) is 0 Å². The Bertz CT molecular complexity index is 357. The lowest BCUT2D eigenvalue weighted by Crippen LogP contribution is -2.02. The Hall–Kier alpha value is -0.110. The second kappa shape index (κ2) is 9.74. The van der Waals surface area contributed by atoms with E-state index in [0.717, 1.165) is 18.7 Å². The van der Waals surface area contributed by atoms with Crippen molar-refractivity contribution in [3.05, 3.63) is 27.2 Å². The molecule has 0 aliphatic carbocycles. The molecule has 0 radical (unpaired) electrons. The number of hydrogen-bond acceptors (Lipinski definition) is 1. The maximum atomic E-state index is 6.10. The van der Waals surface area contributed by atoms with E-state index in [-0.39, 0.29) is 0 Å². The van der Waals surface area contributed by atoms with Gasteiger partial charge in [0, 0.05) is 11.6 Å². The van der Waals surface area contributed by atoms with Gasteiger partial charge in [0.05, 0.1) is 15.7 Å². The number of nitrogens with one attached hydrogen (secondary N) is 1. The topological polar surface area (TPSA) is 12.0 Å². The fraction of sp³-hybridized carbons (Fsp3) is 0.600. The second-order valence-corrected chi connectivity index (χ2v) is 6.04. The Morgan fingerprint density at radius 2 is 1.37 bits per heavy atom. The van der Waals surface area contributed by atoms with E-state index < -0.39 is 0 Å². The Kier molecular flexibility index (Phi) is 8.69. The zero-order valence-corrected chi connectivity index (χ0v) is 13.7. The summed E-state index contributed by atoms with van der Waals surface area (Å²) < 4.78 is 0.